The number of nitrogens with one attached hydrogen (secondary N) is 3. The van der Waals surface area contributed by atoms with Crippen molar-refractivity contribution in [2.24, 2.45) is 33.3 Å². The van der Waals surface area contributed by atoms with Gasteiger partial charge in [-0.1, -0.05) is 69.3 Å². The number of phenolic OH excluding ortho intramolecular Hbond substituents is 4. The number of nitrogens with zero attached hydrogens (tertiary/aromatic N) is 4. The highest BCUT2D eigenvalue weighted by Crippen LogP contribution is 2.38. The Morgan fingerprint density at radius 3 is 1.73 bits per heavy atom. The smallest absolute Gasteiger partial charge is 0.306 e. The summed E-state index contributed by atoms with van der Waals surface area (Å²) in [5, 5.41) is 103. The number of aromatic nitrogens is 1. The predicted octanol–water partition coefficient (Wildman–Crippen LogP) is 11.5. The van der Waals surface area contributed by atoms with Crippen molar-refractivity contribution >= 4 is 28.5 Å². The number of methoxy groups -OCH3 is 1. The molecule has 7 aromatic carbocycles. The number of amidine groups is 2. The number of nitrogens with two attached hydrogens (primary N) is 2. The fourth-order valence-electron chi connectivity index (χ4n) is 9.93. The number of hydrogen-bond acceptors (Lipinski definition) is 20. The summed E-state index contributed by atoms with van der Waals surface area (Å²) in [4.78, 5) is 19.0. The van der Waals surface area contributed by atoms with Crippen LogP contribution in [0.4, 0.5) is 30.7 Å². The zero-order chi connectivity index (χ0) is 83.7. The molecule has 616 valence electrons. The molecule has 6 unspecified atom stereocenters. The molecule has 1 aromatic heterocycles. The molecule has 0 aliphatic rings. The molecule has 24 nitrogen and oxygen atoms in total. The second-order valence-corrected chi connectivity index (χ2v) is 25.1. The summed E-state index contributed by atoms with van der Waals surface area (Å²) < 4.78 is 114. The lowest BCUT2D eigenvalue weighted by Gasteiger charge is -2.21. The number of carbonyl (C=O) groups is 1. The highest BCUT2D eigenvalue weighted by atomic mass is 18.2. The van der Waals surface area contributed by atoms with Gasteiger partial charge in [-0.15, -0.1) is 0 Å². The van der Waals surface area contributed by atoms with Gasteiger partial charge >= 0.3 is 5.97 Å². The molecule has 0 spiro atoms. The third-order valence-electron chi connectivity index (χ3n) is 15.5. The van der Waals surface area contributed by atoms with Crippen LogP contribution in [0.15, 0.2) is 156 Å². The number of phenols is 4. The molecule has 8 rings (SSSR count). The van der Waals surface area contributed by atoms with E-state index >= 15 is 0 Å². The average molecular weight is 1570 g/mol. The molecule has 0 amide bonds. The van der Waals surface area contributed by atoms with Crippen LogP contribution in [0.25, 0.3) is 10.9 Å². The van der Waals surface area contributed by atoms with Gasteiger partial charge in [0.15, 0.2) is 34.6 Å². The number of aryl methyl sites for hydroxylation is 1. The minimum atomic E-state index is -0.966. The van der Waals surface area contributed by atoms with Crippen LogP contribution in [0.2, 0.25) is 0 Å². The minimum Gasteiger partial charge on any atom is -0.505 e. The molecule has 1 heterocycles. The van der Waals surface area contributed by atoms with Crippen LogP contribution >= 0.6 is 0 Å². The standard InChI is InChI=1S/C13H16FN3.C12H17FN2O.C12H15FO5.C12H17FO2.C11H13FN2O2.C11H16FNO3.C10H14FNO2/c1-10(15)16-9-11-2-3-13-12(8-11)4-6-17(13)7-5-14;1-10(14)15-7-5-11-3-2-4-12(9-11)16-8-6-13;1-7(12(16)17)4-8-5-9(14)11(10(15)6-8)18-3-2-13;1-9(2)12(14)10-4-3-5-11(8-10)15-7-6-13;1-14-6-8(15)7-16-11-4-2-3-10(12)9(11)5-13;1-13-6-10(15)11(16-2)7-3-4-8(12)9(14)5-7;1-12-5-4-9(13)7-2-3-8(11)10(14)6-7/h2-4,6,8H,5,7,9H2,1H3,(H2,15,16);2-4,9H,5-8H2,1H3,(H2,14,15);5-7,14-15H,2-4H2,1H3,(H,16,17);3-5,8-9,12,14H,6-7H2,1-2H3;2-4,8,14-15H,6-7H2,1H3;3-5,10-11,13-15H,6H2,1-2H3;2-3,6,9,12-14H,4-5H2,1H3/i14-1;3*13-1;2*12-1;11-1. The number of aromatic hydroxyl groups is 4. The van der Waals surface area contributed by atoms with Gasteiger partial charge in [0.05, 0.1) is 49.0 Å². The number of aliphatic hydroxyl groups excluding tert-OH is 4. The summed E-state index contributed by atoms with van der Waals surface area (Å²) in [5.74, 6) is -2.56. The fourth-order valence-corrected chi connectivity index (χ4v) is 9.93. The molecule has 0 fully saturated rings. The number of fused-ring (bicyclic) bond motifs is 1. The van der Waals surface area contributed by atoms with E-state index in [1.54, 1.807) is 59.3 Å². The monoisotopic (exact) mass is 1570 g/mol. The van der Waals surface area contributed by atoms with Gasteiger partial charge in [0.25, 0.3) is 0 Å². The van der Waals surface area contributed by atoms with Crippen LogP contribution in [0.3, 0.4) is 0 Å². The summed E-state index contributed by atoms with van der Waals surface area (Å²) in [6, 6.07) is 39.0. The Hall–Kier alpha value is -10.4. The Balaban J connectivity index is 0.000000444. The van der Waals surface area contributed by atoms with Gasteiger partial charge in [-0.25, -0.2) is 30.7 Å². The zero-order valence-corrected chi connectivity index (χ0v) is 64.5. The fraction of sp³-hybridized carbons (Fsp3) is 0.407. The Morgan fingerprint density at radius 2 is 1.19 bits per heavy atom. The molecule has 16 N–H and O–H groups in total. The summed E-state index contributed by atoms with van der Waals surface area (Å²) in [6.45, 7) is 9.82. The number of aliphatic carboxylic acids is 1. The largest absolute Gasteiger partial charge is 0.505 e. The molecular formula is C81H108F7N9O15. The molecule has 31 heteroatoms. The van der Waals surface area contributed by atoms with Crippen molar-refractivity contribution in [2.75, 3.05) is 108 Å². The van der Waals surface area contributed by atoms with Gasteiger partial charge in [0.2, 0.25) is 5.75 Å². The number of likely N-dealkylation sites (N-methyl/N-ethyl adjacent to an activating group) is 2. The number of alkyl halides is 4. The van der Waals surface area contributed by atoms with Crippen molar-refractivity contribution in [1.29, 1.82) is 5.26 Å². The van der Waals surface area contributed by atoms with E-state index in [1.807, 2.05) is 73.1 Å². The zero-order valence-electron chi connectivity index (χ0n) is 64.5. The van der Waals surface area contributed by atoms with Crippen LogP contribution < -0.4 is 46.4 Å². The molecule has 8 aromatic rings. The van der Waals surface area contributed by atoms with E-state index in [1.165, 1.54) is 68.6 Å². The van der Waals surface area contributed by atoms with Gasteiger partial charge < -0.3 is 102 Å². The van der Waals surface area contributed by atoms with Crippen LogP contribution in [0.5, 0.6) is 46.0 Å². The SMILES string of the molecule is CC(C)C(O)c1cccc(OCC[18F])c1.CC(Cc1cc(O)c(OCC[18F])c(O)c1)C(=O)O.CC(N)=NCCc1cccc(OCC[18F])c1.CC(N)=NCc1ccc2c(ccn2CC[18F])c1.CNCC(O)C(OC)c1ccc([18F])c(O)c1.CNCC(O)COc1cccc([18F])c1C#N.CNCCC(O)c1ccc([18F])c(O)c1. The number of benzene rings is 7. The quantitative estimate of drug-likeness (QED) is 0.00996. The second-order valence-electron chi connectivity index (χ2n) is 25.1. The van der Waals surface area contributed by atoms with Gasteiger partial charge in [-0.05, 0) is 196 Å². The summed E-state index contributed by atoms with van der Waals surface area (Å²) in [6.07, 6.45) is 0.181. The summed E-state index contributed by atoms with van der Waals surface area (Å²) in [7, 11) is 6.64. The number of carboxylic acids is 1. The van der Waals surface area contributed by atoms with E-state index in [0.29, 0.717) is 85.5 Å². The Labute approximate surface area is 649 Å². The molecule has 112 heavy (non-hydrogen) atoms. The molecular weight excluding hydrogens is 1460 g/mol. The Kier molecular flexibility index (Phi) is 48.0. The molecule has 0 aliphatic carbocycles. The summed E-state index contributed by atoms with van der Waals surface area (Å²) in [5.41, 5.74) is 16.4. The first-order valence-corrected chi connectivity index (χ1v) is 35.6. The number of halogens is 7. The van der Waals surface area contributed by atoms with Gasteiger partial charge in [-0.3, -0.25) is 14.8 Å². The topological polar surface area (TPSA) is 387 Å². The maximum atomic E-state index is 13.1. The molecule has 6 atom stereocenters. The van der Waals surface area contributed by atoms with Crippen molar-refractivity contribution in [1.82, 2.24) is 20.5 Å². The highest BCUT2D eigenvalue weighted by Gasteiger charge is 2.22. The van der Waals surface area contributed by atoms with E-state index in [4.69, 9.17) is 50.6 Å². The Morgan fingerprint density at radius 1 is 0.607 bits per heavy atom. The molecule has 0 saturated heterocycles. The number of rotatable bonds is 35. The molecule has 0 bridgehead atoms. The van der Waals surface area contributed by atoms with Crippen LogP contribution in [0, 0.1) is 40.6 Å². The maximum absolute atomic E-state index is 13.1. The molecule has 0 radical (unpaired) electrons. The normalized spacial score (nSPS) is 12.6. The van der Waals surface area contributed by atoms with E-state index < -0.39 is 91.4 Å². The van der Waals surface area contributed by atoms with Crippen LogP contribution in [-0.4, -0.2) is 188 Å². The van der Waals surface area contributed by atoms with E-state index in [-0.39, 0.29) is 74.0 Å². The highest BCUT2D eigenvalue weighted by molar-refractivity contribution is 5.81. The van der Waals surface area contributed by atoms with E-state index in [9.17, 15) is 71.3 Å². The first kappa shape index (κ1) is 97.6. The van der Waals surface area contributed by atoms with E-state index in [2.05, 4.69) is 32.0 Å². The maximum Gasteiger partial charge on any atom is 0.306 e. The molecule has 0 saturated carbocycles. The average Bonchev–Trinajstić information content (AvgIpc) is 1.60. The van der Waals surface area contributed by atoms with Gasteiger partial charge in [0, 0.05) is 38.5 Å². The van der Waals surface area contributed by atoms with E-state index in [0.717, 1.165) is 46.1 Å². The second kappa shape index (κ2) is 55.1. The summed E-state index contributed by atoms with van der Waals surface area (Å²) >= 11 is 0. The van der Waals surface area contributed by atoms with Crippen molar-refractivity contribution in [3.05, 3.63) is 202 Å². The Bertz CT molecular complexity index is 4090. The predicted molar refractivity (Wildman–Crippen MR) is 418 cm³/mol. The number of aliphatic imine (C=N–C) groups is 2. The van der Waals surface area contributed by atoms with Gasteiger partial charge in [0.1, 0.15) is 100 Å². The lowest BCUT2D eigenvalue weighted by atomic mass is 9.99. The number of ether oxygens (including phenoxy) is 5. The first-order chi connectivity index (χ1) is 53.4. The van der Waals surface area contributed by atoms with Crippen LogP contribution in [0.1, 0.15) is 98.3 Å². The first-order valence-electron chi connectivity index (χ1n) is 35.6. The van der Waals surface area contributed by atoms with Crippen LogP contribution in [-0.2, 0) is 35.5 Å². The van der Waals surface area contributed by atoms with Crippen molar-refractivity contribution < 1.29 is 105 Å². The third-order valence-corrected chi connectivity index (χ3v) is 15.5. The van der Waals surface area contributed by atoms with Crippen molar-refractivity contribution in [2.45, 2.75) is 97.5 Å². The van der Waals surface area contributed by atoms with Crippen molar-refractivity contribution in [3.8, 4) is 52.1 Å². The van der Waals surface area contributed by atoms with Gasteiger partial charge in [-0.2, -0.15) is 5.26 Å². The lowest BCUT2D eigenvalue weighted by Crippen LogP contribution is -2.30. The number of nitriles is 1. The van der Waals surface area contributed by atoms with Crippen molar-refractivity contribution in [3.63, 3.8) is 0 Å². The lowest BCUT2D eigenvalue weighted by molar-refractivity contribution is -0.141. The number of aliphatic hydroxyl groups is 4. The number of carboxylic acid groups (broad SMARTS) is 1. The molecule has 0 aliphatic heterocycles. The third kappa shape index (κ3) is 37.5. The number of hydrogen-bond donors (Lipinski definition) is 14. The minimum absolute atomic E-state index is 0.0129.